The maximum Gasteiger partial charge on any atom is 0.224 e. The number of aliphatic hydroxyl groups is 1. The number of carbonyl (C=O) groups excluding carboxylic acids is 3. The summed E-state index contributed by atoms with van der Waals surface area (Å²) in [6, 6.07) is 30.2. The number of thioether (sulfide) groups is 1. The van der Waals surface area contributed by atoms with E-state index in [2.05, 4.69) is 16.0 Å². The number of unbranched alkanes of at least 4 members (excludes halogenated alkanes) is 3. The van der Waals surface area contributed by atoms with E-state index >= 15 is 0 Å². The van der Waals surface area contributed by atoms with E-state index in [1.54, 1.807) is 23.9 Å². The number of hydrogen-bond acceptors (Lipinski definition) is 8. The van der Waals surface area contributed by atoms with Crippen molar-refractivity contribution >= 4 is 52.2 Å². The van der Waals surface area contributed by atoms with Gasteiger partial charge < -0.3 is 36.3 Å². The third-order valence-electron chi connectivity index (χ3n) is 8.46. The highest BCUT2D eigenvalue weighted by Gasteiger charge is 2.32. The molecule has 1 saturated heterocycles. The fraction of sp³-hybridized carbons (Fsp3) is 0.325. The van der Waals surface area contributed by atoms with Crippen LogP contribution in [0.2, 0.25) is 0 Å². The molecule has 3 amide bonds. The van der Waals surface area contributed by atoms with E-state index in [4.69, 9.17) is 15.2 Å². The number of amides is 3. The molecule has 6 N–H and O–H groups in total. The summed E-state index contributed by atoms with van der Waals surface area (Å²) in [6.07, 6.45) is 3.57. The summed E-state index contributed by atoms with van der Waals surface area (Å²) in [4.78, 5) is 37.5. The first kappa shape index (κ1) is 37.6. The van der Waals surface area contributed by atoms with E-state index in [0.29, 0.717) is 42.1 Å². The largest absolute Gasteiger partial charge is 0.397 e. The molecule has 1 heterocycles. The Morgan fingerprint density at radius 2 is 1.47 bits per heavy atom. The number of aliphatic hydroxyl groups excluding tert-OH is 1. The molecule has 51 heavy (non-hydrogen) atoms. The van der Waals surface area contributed by atoms with Crippen LogP contribution in [0.5, 0.6) is 0 Å². The summed E-state index contributed by atoms with van der Waals surface area (Å²) in [7, 11) is 0. The Kier molecular flexibility index (Phi) is 14.1. The van der Waals surface area contributed by atoms with Crippen LogP contribution in [-0.2, 0) is 30.5 Å². The summed E-state index contributed by atoms with van der Waals surface area (Å²) in [5.74, 6) is 0.435. The highest BCUT2D eigenvalue weighted by atomic mass is 32.2. The van der Waals surface area contributed by atoms with Gasteiger partial charge in [0.05, 0.1) is 30.2 Å². The summed E-state index contributed by atoms with van der Waals surface area (Å²) in [6.45, 7) is 1.46. The van der Waals surface area contributed by atoms with Crippen molar-refractivity contribution in [3.63, 3.8) is 0 Å². The molecule has 3 atom stereocenters. The van der Waals surface area contributed by atoms with E-state index in [1.807, 2.05) is 84.9 Å². The summed E-state index contributed by atoms with van der Waals surface area (Å²) < 4.78 is 13.0. The zero-order valence-electron chi connectivity index (χ0n) is 28.8. The first-order chi connectivity index (χ1) is 24.7. The number of rotatable bonds is 16. The van der Waals surface area contributed by atoms with Gasteiger partial charge in [0.25, 0.3) is 0 Å². The van der Waals surface area contributed by atoms with Gasteiger partial charge in [0, 0.05) is 53.8 Å². The molecule has 1 fully saturated rings. The van der Waals surface area contributed by atoms with Crippen molar-refractivity contribution in [1.82, 2.24) is 0 Å². The topological polar surface area (TPSA) is 152 Å². The Bertz CT molecular complexity index is 1750. The zero-order valence-corrected chi connectivity index (χ0v) is 29.6. The first-order valence-electron chi connectivity index (χ1n) is 17.3. The lowest BCUT2D eigenvalue weighted by atomic mass is 10.0. The summed E-state index contributed by atoms with van der Waals surface area (Å²) in [5.41, 5.74) is 11.1. The molecule has 268 valence electrons. The van der Waals surface area contributed by atoms with Crippen LogP contribution >= 0.6 is 11.8 Å². The van der Waals surface area contributed by atoms with Crippen LogP contribution in [0.3, 0.4) is 0 Å². The minimum absolute atomic E-state index is 0.0276. The van der Waals surface area contributed by atoms with Gasteiger partial charge in [0.1, 0.15) is 0 Å². The molecule has 0 bridgehead atoms. The lowest BCUT2D eigenvalue weighted by Gasteiger charge is -2.36. The number of hydrogen-bond donors (Lipinski definition) is 5. The molecule has 0 saturated carbocycles. The van der Waals surface area contributed by atoms with Crippen LogP contribution in [0.15, 0.2) is 102 Å². The minimum atomic E-state index is -0.651. The third-order valence-corrected chi connectivity index (χ3v) is 9.60. The Morgan fingerprint density at radius 3 is 2.16 bits per heavy atom. The average molecular weight is 711 g/mol. The predicted molar refractivity (Wildman–Crippen MR) is 202 cm³/mol. The van der Waals surface area contributed by atoms with Gasteiger partial charge in [0.15, 0.2) is 6.29 Å². The Labute approximate surface area is 303 Å². The van der Waals surface area contributed by atoms with Gasteiger partial charge in [0.2, 0.25) is 17.7 Å². The van der Waals surface area contributed by atoms with Gasteiger partial charge in [-0.25, -0.2) is 0 Å². The second kappa shape index (κ2) is 19.1. The molecular formula is C40H46N4O6S. The van der Waals surface area contributed by atoms with Crippen molar-refractivity contribution < 1.29 is 29.0 Å². The maximum absolute atomic E-state index is 12.8. The predicted octanol–water partition coefficient (Wildman–Crippen LogP) is 7.98. The molecule has 0 aromatic heterocycles. The van der Waals surface area contributed by atoms with Crippen molar-refractivity contribution in [2.45, 2.75) is 81.9 Å². The lowest BCUT2D eigenvalue weighted by molar-refractivity contribution is -0.245. The average Bonchev–Trinajstić information content (AvgIpc) is 3.13. The van der Waals surface area contributed by atoms with Crippen LogP contribution in [0.1, 0.15) is 81.0 Å². The smallest absolute Gasteiger partial charge is 0.224 e. The Balaban J connectivity index is 1.13. The van der Waals surface area contributed by atoms with E-state index in [9.17, 15) is 19.5 Å². The monoisotopic (exact) mass is 710 g/mol. The third kappa shape index (κ3) is 12.0. The number of nitrogens with two attached hydrogens (primary N) is 1. The van der Waals surface area contributed by atoms with Gasteiger partial charge in [-0.3, -0.25) is 14.4 Å². The second-order valence-electron chi connectivity index (χ2n) is 12.6. The highest BCUT2D eigenvalue weighted by Crippen LogP contribution is 2.40. The van der Waals surface area contributed by atoms with Crippen molar-refractivity contribution in [3.05, 3.63) is 114 Å². The standard InChI is InChI=1S/C40H46N4O6S/c1-27(46)42-31-19-21-34(22-20-31)51-26-33-24-37(29-17-15-28(25-45)16-18-29)50-40(49-33)30-9-8-10-32(23-30)43-38(47)13-4-2-3-5-14-39(48)44-36-12-7-6-11-35(36)41/h6-12,15-23,33,37,40,45H,2-5,13-14,24-26,41H2,1H3,(H,42,46)(H,43,47)(H,44,48). The molecule has 11 heteroatoms. The maximum atomic E-state index is 12.8. The van der Waals surface area contributed by atoms with Gasteiger partial charge in [-0.05, 0) is 72.5 Å². The Hall–Kier alpha value is -4.68. The number of benzene rings is 4. The molecule has 3 unspecified atom stereocenters. The van der Waals surface area contributed by atoms with Gasteiger partial charge in [-0.15, -0.1) is 11.8 Å². The molecule has 5 rings (SSSR count). The number of anilines is 4. The molecule has 0 radical (unpaired) electrons. The number of carbonyl (C=O) groups is 3. The molecule has 4 aromatic rings. The molecule has 4 aromatic carbocycles. The molecule has 0 aliphatic carbocycles. The van der Waals surface area contributed by atoms with Crippen LogP contribution in [0.4, 0.5) is 22.7 Å². The first-order valence-corrected chi connectivity index (χ1v) is 18.3. The number of nitrogens with one attached hydrogen (secondary N) is 3. The Morgan fingerprint density at radius 1 is 0.765 bits per heavy atom. The number of para-hydroxylation sites is 2. The van der Waals surface area contributed by atoms with Crippen molar-refractivity contribution in [3.8, 4) is 0 Å². The fourth-order valence-corrected chi connectivity index (χ4v) is 6.71. The zero-order chi connectivity index (χ0) is 36.0. The van der Waals surface area contributed by atoms with Crippen LogP contribution in [0, 0.1) is 0 Å². The van der Waals surface area contributed by atoms with Crippen molar-refractivity contribution in [2.75, 3.05) is 27.4 Å². The van der Waals surface area contributed by atoms with Gasteiger partial charge >= 0.3 is 0 Å². The van der Waals surface area contributed by atoms with Crippen molar-refractivity contribution in [2.24, 2.45) is 0 Å². The van der Waals surface area contributed by atoms with E-state index in [-0.39, 0.29) is 36.5 Å². The molecule has 0 spiro atoms. The lowest BCUT2D eigenvalue weighted by Crippen LogP contribution is -2.31. The van der Waals surface area contributed by atoms with Gasteiger partial charge in [-0.1, -0.05) is 61.4 Å². The molecular weight excluding hydrogens is 665 g/mol. The number of ether oxygens (including phenoxy) is 2. The normalized spacial score (nSPS) is 17.0. The van der Waals surface area contributed by atoms with E-state index < -0.39 is 6.29 Å². The molecule has 1 aliphatic rings. The molecule has 10 nitrogen and oxygen atoms in total. The fourth-order valence-electron chi connectivity index (χ4n) is 5.78. The molecule has 1 aliphatic heterocycles. The quantitative estimate of drug-likeness (QED) is 0.0446. The van der Waals surface area contributed by atoms with Crippen molar-refractivity contribution in [1.29, 1.82) is 0 Å². The SMILES string of the molecule is CC(=O)Nc1ccc(SCC2CC(c3ccc(CO)cc3)OC(c3cccc(NC(=O)CCCCCCC(=O)Nc4ccccc4N)c3)O2)cc1. The van der Waals surface area contributed by atoms with Gasteiger partial charge in [-0.2, -0.15) is 0 Å². The summed E-state index contributed by atoms with van der Waals surface area (Å²) in [5, 5.41) is 18.2. The second-order valence-corrected chi connectivity index (χ2v) is 13.7. The highest BCUT2D eigenvalue weighted by molar-refractivity contribution is 7.99. The van der Waals surface area contributed by atoms with Crippen LogP contribution < -0.4 is 21.7 Å². The van der Waals surface area contributed by atoms with E-state index in [1.165, 1.54) is 6.92 Å². The van der Waals surface area contributed by atoms with Crippen LogP contribution in [0.25, 0.3) is 0 Å². The van der Waals surface area contributed by atoms with E-state index in [0.717, 1.165) is 53.0 Å². The number of nitrogen functional groups attached to an aromatic ring is 1. The minimum Gasteiger partial charge on any atom is -0.397 e. The van der Waals surface area contributed by atoms with Crippen LogP contribution in [-0.4, -0.2) is 34.7 Å². The summed E-state index contributed by atoms with van der Waals surface area (Å²) >= 11 is 1.67.